The molecule has 0 saturated heterocycles. The zero-order valence-electron chi connectivity index (χ0n) is 26.9. The molecule has 1 spiro atoms. The molecule has 0 amide bonds. The Kier molecular flexibility index (Phi) is 6.55. The van der Waals surface area contributed by atoms with Gasteiger partial charge in [-0.1, -0.05) is 159 Å². The number of allylic oxidation sites excluding steroid dienone is 1. The summed E-state index contributed by atoms with van der Waals surface area (Å²) >= 11 is 0. The predicted molar refractivity (Wildman–Crippen MR) is 197 cm³/mol. The summed E-state index contributed by atoms with van der Waals surface area (Å²) in [5.74, 6) is 0.956. The number of benzene rings is 6. The second kappa shape index (κ2) is 11.1. The highest BCUT2D eigenvalue weighted by atomic mass is 16.3. The number of furan rings is 1. The topological polar surface area (TPSA) is 37.5 Å². The minimum Gasteiger partial charge on any atom is -0.456 e. The van der Waals surface area contributed by atoms with Gasteiger partial charge >= 0.3 is 0 Å². The van der Waals surface area contributed by atoms with Crippen molar-refractivity contribution in [3.63, 3.8) is 0 Å². The summed E-state index contributed by atoms with van der Waals surface area (Å²) in [5, 5.41) is 5.03. The van der Waals surface area contributed by atoms with E-state index in [-0.39, 0.29) is 6.17 Å². The maximum Gasteiger partial charge on any atom is 0.145 e. The van der Waals surface area contributed by atoms with E-state index in [9.17, 15) is 0 Å². The van der Waals surface area contributed by atoms with Crippen LogP contribution in [0.5, 0.6) is 0 Å². The van der Waals surface area contributed by atoms with Crippen LogP contribution in [0.4, 0.5) is 0 Å². The minimum atomic E-state index is -0.548. The van der Waals surface area contributed by atoms with Crippen molar-refractivity contribution in [2.45, 2.75) is 25.4 Å². The summed E-state index contributed by atoms with van der Waals surface area (Å²) in [6.07, 6.45) is 1.99. The van der Waals surface area contributed by atoms with Crippen molar-refractivity contribution in [2.75, 3.05) is 0 Å². The number of hydrogen-bond acceptors (Lipinski definition) is 3. The van der Waals surface area contributed by atoms with Gasteiger partial charge < -0.3 is 9.73 Å². The Bertz CT molecular complexity index is 2350. The summed E-state index contributed by atoms with van der Waals surface area (Å²) in [6, 6.07) is 54.0. The van der Waals surface area contributed by atoms with Crippen molar-refractivity contribution >= 4 is 22.4 Å². The fraction of sp³-hybridized carbons (Fsp3) is 0.0889. The molecule has 3 nitrogen and oxygen atoms in total. The van der Waals surface area contributed by atoms with E-state index >= 15 is 0 Å². The molecule has 1 aromatic heterocycles. The molecule has 6 aromatic carbocycles. The smallest absolute Gasteiger partial charge is 0.145 e. The molecule has 48 heavy (non-hydrogen) atoms. The van der Waals surface area contributed by atoms with Gasteiger partial charge in [-0.2, -0.15) is 0 Å². The van der Waals surface area contributed by atoms with E-state index in [1.54, 1.807) is 0 Å². The Balaban J connectivity index is 0.00000154. The molecule has 0 fully saturated rings. The minimum absolute atomic E-state index is 0.232. The third kappa shape index (κ3) is 3.91. The highest BCUT2D eigenvalue weighted by Gasteiger charge is 2.55. The predicted octanol–water partition coefficient (Wildman–Crippen LogP) is 10.9. The zero-order chi connectivity index (χ0) is 32.2. The summed E-state index contributed by atoms with van der Waals surface area (Å²) in [7, 11) is 0. The maximum atomic E-state index is 6.81. The van der Waals surface area contributed by atoms with E-state index in [2.05, 4.69) is 163 Å². The first-order valence-corrected chi connectivity index (χ1v) is 16.8. The van der Waals surface area contributed by atoms with Gasteiger partial charge in [0.15, 0.2) is 0 Å². The van der Waals surface area contributed by atoms with E-state index < -0.39 is 5.41 Å². The number of para-hydroxylation sites is 1. The highest BCUT2D eigenvalue weighted by Crippen LogP contribution is 2.65. The zero-order valence-corrected chi connectivity index (χ0v) is 26.9. The number of rotatable bonds is 3. The van der Waals surface area contributed by atoms with Crippen LogP contribution in [0.25, 0.3) is 39.1 Å². The highest BCUT2D eigenvalue weighted by molar-refractivity contribution is 6.14. The molecule has 1 N–H and O–H groups in total. The molecular weight excluding hydrogens is 585 g/mol. The Hall–Kier alpha value is -5.93. The molecule has 3 heteroatoms. The number of nitrogens with one attached hydrogen (secondary N) is 1. The third-order valence-electron chi connectivity index (χ3n) is 9.92. The quantitative estimate of drug-likeness (QED) is 0.214. The number of aliphatic imine (C=N–C) groups is 1. The van der Waals surface area contributed by atoms with E-state index in [0.29, 0.717) is 0 Å². The SMILES string of the molecule is C1=C(c2cccc3c2C2(c4ccccc4-c4ccccc42)c2c-3oc3ccccc23)NC(c2ccccc2)N=C1c1ccccc1.CC. The number of nitrogens with zero attached hydrogens (tertiary/aromatic N) is 1. The lowest BCUT2D eigenvalue weighted by Gasteiger charge is -2.33. The summed E-state index contributed by atoms with van der Waals surface area (Å²) in [5.41, 5.74) is 14.5. The fourth-order valence-electron chi connectivity index (χ4n) is 8.13. The van der Waals surface area contributed by atoms with Gasteiger partial charge in [0.2, 0.25) is 0 Å². The van der Waals surface area contributed by atoms with Gasteiger partial charge in [-0.25, -0.2) is 0 Å². The van der Waals surface area contributed by atoms with E-state index in [1.807, 2.05) is 13.8 Å². The van der Waals surface area contributed by atoms with Crippen LogP contribution in [0.15, 0.2) is 167 Å². The van der Waals surface area contributed by atoms with Crippen molar-refractivity contribution in [1.82, 2.24) is 5.32 Å². The second-order valence-corrected chi connectivity index (χ2v) is 12.3. The second-order valence-electron chi connectivity index (χ2n) is 12.3. The summed E-state index contributed by atoms with van der Waals surface area (Å²) in [6.45, 7) is 4.00. The lowest BCUT2D eigenvalue weighted by atomic mass is 9.68. The van der Waals surface area contributed by atoms with E-state index in [4.69, 9.17) is 9.41 Å². The first-order valence-electron chi connectivity index (χ1n) is 16.8. The molecule has 10 rings (SSSR count). The van der Waals surface area contributed by atoms with Gasteiger partial charge in [0.05, 0.1) is 11.1 Å². The van der Waals surface area contributed by atoms with Crippen molar-refractivity contribution in [1.29, 1.82) is 0 Å². The van der Waals surface area contributed by atoms with Crippen molar-refractivity contribution in [2.24, 2.45) is 4.99 Å². The summed E-state index contributed by atoms with van der Waals surface area (Å²) in [4.78, 5) is 5.23. The molecule has 1 atom stereocenters. The molecular formula is C45H34N2O. The molecule has 0 radical (unpaired) electrons. The number of hydrogen-bond donors (Lipinski definition) is 1. The monoisotopic (exact) mass is 618 g/mol. The van der Waals surface area contributed by atoms with Gasteiger partial charge in [-0.3, -0.25) is 4.99 Å². The number of fused-ring (bicyclic) bond motifs is 12. The van der Waals surface area contributed by atoms with Gasteiger partial charge in [-0.05, 0) is 51.1 Å². The first-order chi connectivity index (χ1) is 23.8. The van der Waals surface area contributed by atoms with Gasteiger partial charge in [0.1, 0.15) is 17.5 Å². The first kappa shape index (κ1) is 28.3. The van der Waals surface area contributed by atoms with Crippen LogP contribution in [0.3, 0.4) is 0 Å². The lowest BCUT2D eigenvalue weighted by molar-refractivity contribution is 0.628. The Labute approximate surface area is 280 Å². The van der Waals surface area contributed by atoms with Crippen LogP contribution >= 0.6 is 0 Å². The molecule has 0 saturated carbocycles. The molecule has 7 aromatic rings. The Morgan fingerprint density at radius 2 is 1.15 bits per heavy atom. The van der Waals surface area contributed by atoms with E-state index in [1.165, 1.54) is 33.4 Å². The molecule has 2 aliphatic carbocycles. The third-order valence-corrected chi connectivity index (χ3v) is 9.92. The van der Waals surface area contributed by atoms with Gasteiger partial charge in [-0.15, -0.1) is 0 Å². The van der Waals surface area contributed by atoms with Crippen molar-refractivity contribution in [3.05, 3.63) is 197 Å². The van der Waals surface area contributed by atoms with Gasteiger partial charge in [0.25, 0.3) is 0 Å². The van der Waals surface area contributed by atoms with Crippen LogP contribution in [0.1, 0.15) is 59.0 Å². The van der Waals surface area contributed by atoms with Gasteiger partial charge in [0, 0.05) is 27.8 Å². The average molecular weight is 619 g/mol. The van der Waals surface area contributed by atoms with Crippen LogP contribution in [0, 0.1) is 0 Å². The fourth-order valence-corrected chi connectivity index (χ4v) is 8.13. The normalized spacial score (nSPS) is 16.1. The average Bonchev–Trinajstić information content (AvgIpc) is 3.80. The van der Waals surface area contributed by atoms with Crippen molar-refractivity contribution in [3.8, 4) is 22.5 Å². The van der Waals surface area contributed by atoms with Crippen molar-refractivity contribution < 1.29 is 4.42 Å². The summed E-state index contributed by atoms with van der Waals surface area (Å²) < 4.78 is 6.81. The largest absolute Gasteiger partial charge is 0.456 e. The van der Waals surface area contributed by atoms with Crippen LogP contribution in [0.2, 0.25) is 0 Å². The molecule has 1 aliphatic heterocycles. The van der Waals surface area contributed by atoms with Crippen LogP contribution in [-0.2, 0) is 5.41 Å². The molecule has 1 unspecified atom stereocenters. The van der Waals surface area contributed by atoms with Crippen LogP contribution < -0.4 is 5.32 Å². The van der Waals surface area contributed by atoms with E-state index in [0.717, 1.165) is 50.4 Å². The Morgan fingerprint density at radius 3 is 1.88 bits per heavy atom. The molecule has 230 valence electrons. The molecule has 2 heterocycles. The molecule has 3 aliphatic rings. The standard InChI is InChI=1S/C43H28N2O.C2H6/c1-3-14-27(15-4-1)36-26-37(45-42(44-36)28-16-5-2-6-17-28)31-21-13-22-33-39(31)43(40-32-20-9-12-25-38(32)46-41(33)40)34-23-10-7-18-29(34)30-19-8-11-24-35(30)43;1-2/h1-26,42,45H;1-2H3. The lowest BCUT2D eigenvalue weighted by Crippen LogP contribution is -2.30. The maximum absolute atomic E-state index is 6.81. The van der Waals surface area contributed by atoms with Crippen LogP contribution in [-0.4, -0.2) is 5.71 Å². The Morgan fingerprint density at radius 1 is 0.562 bits per heavy atom. The molecule has 0 bridgehead atoms.